The van der Waals surface area contributed by atoms with Crippen molar-refractivity contribution < 1.29 is 14.3 Å². The van der Waals surface area contributed by atoms with Crippen molar-refractivity contribution in [3.63, 3.8) is 0 Å². The van der Waals surface area contributed by atoms with E-state index in [1.165, 1.54) is 0 Å². The number of nitrogens with one attached hydrogen (secondary N) is 3. The van der Waals surface area contributed by atoms with Gasteiger partial charge in [-0.3, -0.25) is 15.2 Å². The molecule has 0 spiro atoms. The number of carbonyl (C=O) groups is 2. The third kappa shape index (κ3) is 6.23. The first-order chi connectivity index (χ1) is 22.6. The normalized spacial score (nSPS) is 11.2. The minimum atomic E-state index is -0.914. The summed E-state index contributed by atoms with van der Waals surface area (Å²) in [4.78, 5) is 30.9. The number of rotatable bonds is 11. The van der Waals surface area contributed by atoms with E-state index < -0.39 is 5.41 Å². The maximum atomic E-state index is 13.2. The highest BCUT2D eigenvalue weighted by Gasteiger charge is 2.42. The molecule has 0 fully saturated rings. The number of nitrogens with zero attached hydrogens (tertiary/aromatic N) is 2. The van der Waals surface area contributed by atoms with Gasteiger partial charge in [0, 0.05) is 30.1 Å². The van der Waals surface area contributed by atoms with Gasteiger partial charge in [-0.15, -0.1) is 0 Å². The van der Waals surface area contributed by atoms with Crippen molar-refractivity contribution in [2.75, 3.05) is 11.9 Å². The Labute approximate surface area is 267 Å². The minimum absolute atomic E-state index is 0.182. The molecule has 2 amide bonds. The zero-order valence-corrected chi connectivity index (χ0v) is 25.6. The van der Waals surface area contributed by atoms with Crippen molar-refractivity contribution in [2.45, 2.75) is 31.7 Å². The zero-order chi connectivity index (χ0) is 31.8. The Kier molecular flexibility index (Phi) is 9.15. The van der Waals surface area contributed by atoms with E-state index in [2.05, 4.69) is 57.2 Å². The molecule has 2 heterocycles. The summed E-state index contributed by atoms with van der Waals surface area (Å²) >= 11 is 0. The molecule has 0 bridgehead atoms. The summed E-state index contributed by atoms with van der Waals surface area (Å²) in [6.45, 7) is 2.48. The van der Waals surface area contributed by atoms with Crippen molar-refractivity contribution in [1.29, 1.82) is 0 Å². The summed E-state index contributed by atoms with van der Waals surface area (Å²) < 4.78 is 5.23. The largest absolute Gasteiger partial charge is 0.466 e. The van der Waals surface area contributed by atoms with Gasteiger partial charge in [0.1, 0.15) is 5.82 Å². The number of urea groups is 1. The Morgan fingerprint density at radius 1 is 0.783 bits per heavy atom. The Bertz CT molecular complexity index is 1810. The van der Waals surface area contributed by atoms with Crippen LogP contribution in [0.3, 0.4) is 0 Å². The van der Waals surface area contributed by atoms with Crippen molar-refractivity contribution in [1.82, 2.24) is 20.5 Å². The maximum absolute atomic E-state index is 13.2. The molecule has 6 aromatic rings. The molecule has 0 radical (unpaired) electrons. The van der Waals surface area contributed by atoms with Crippen LogP contribution in [-0.2, 0) is 27.9 Å². The lowest BCUT2D eigenvalue weighted by molar-refractivity contribution is -0.143. The predicted molar refractivity (Wildman–Crippen MR) is 179 cm³/mol. The van der Waals surface area contributed by atoms with Crippen LogP contribution in [0.5, 0.6) is 0 Å². The smallest absolute Gasteiger partial charge is 0.320 e. The van der Waals surface area contributed by atoms with Crippen LogP contribution in [0, 0.1) is 0 Å². The van der Waals surface area contributed by atoms with Gasteiger partial charge in [-0.1, -0.05) is 121 Å². The van der Waals surface area contributed by atoms with Crippen molar-refractivity contribution in [3.8, 4) is 0 Å². The maximum Gasteiger partial charge on any atom is 0.320 e. The highest BCUT2D eigenvalue weighted by Crippen LogP contribution is 2.47. The zero-order valence-electron chi connectivity index (χ0n) is 25.6. The van der Waals surface area contributed by atoms with Crippen LogP contribution in [0.25, 0.3) is 10.9 Å². The predicted octanol–water partition coefficient (Wildman–Crippen LogP) is 7.16. The number of hydrogen-bond acceptors (Lipinski definition) is 5. The summed E-state index contributed by atoms with van der Waals surface area (Å²) in [6.07, 6.45) is 0.560. The second-order valence-corrected chi connectivity index (χ2v) is 10.9. The topological polar surface area (TPSA) is 109 Å². The molecule has 6 rings (SSSR count). The number of carbonyl (C=O) groups excluding carboxylic acids is 2. The second-order valence-electron chi connectivity index (χ2n) is 10.9. The van der Waals surface area contributed by atoms with Crippen LogP contribution in [0.1, 0.15) is 47.0 Å². The fraction of sp³-hybridized carbons (Fsp3) is 0.158. The lowest BCUT2D eigenvalue weighted by Crippen LogP contribution is -2.33. The van der Waals surface area contributed by atoms with Gasteiger partial charge < -0.3 is 10.1 Å². The number of aromatic amines is 1. The molecule has 230 valence electrons. The van der Waals surface area contributed by atoms with Gasteiger partial charge in [-0.05, 0) is 29.2 Å². The summed E-state index contributed by atoms with van der Waals surface area (Å²) in [5.41, 5.74) is 5.10. The molecule has 0 saturated heterocycles. The Hall–Kier alpha value is -5.76. The number of pyridine rings is 1. The first-order valence-corrected chi connectivity index (χ1v) is 15.4. The molecule has 2 aromatic heterocycles. The van der Waals surface area contributed by atoms with E-state index in [0.29, 0.717) is 36.6 Å². The highest BCUT2D eigenvalue weighted by molar-refractivity contribution is 5.94. The molecule has 0 aliphatic heterocycles. The molecule has 4 aromatic carbocycles. The first kappa shape index (κ1) is 30.3. The number of esters is 1. The van der Waals surface area contributed by atoms with Crippen LogP contribution < -0.4 is 10.6 Å². The molecule has 0 unspecified atom stereocenters. The van der Waals surface area contributed by atoms with E-state index in [1.54, 1.807) is 13.0 Å². The van der Waals surface area contributed by atoms with Crippen LogP contribution in [0.4, 0.5) is 10.6 Å². The van der Waals surface area contributed by atoms with E-state index in [0.717, 1.165) is 33.3 Å². The molecule has 0 aliphatic carbocycles. The van der Waals surface area contributed by atoms with E-state index in [9.17, 15) is 9.59 Å². The first-order valence-electron chi connectivity index (χ1n) is 15.4. The number of ether oxygens (including phenoxy) is 1. The number of aromatic nitrogens is 3. The average molecular weight is 610 g/mol. The number of benzene rings is 4. The lowest BCUT2D eigenvalue weighted by Gasteiger charge is -2.36. The summed E-state index contributed by atoms with van der Waals surface area (Å²) in [6, 6.07) is 41.7. The summed E-state index contributed by atoms with van der Waals surface area (Å²) in [5.74, 6) is 0.0669. The van der Waals surface area contributed by atoms with Gasteiger partial charge >= 0.3 is 12.0 Å². The number of H-pyrrole nitrogens is 1. The number of amides is 2. The van der Waals surface area contributed by atoms with E-state index in [-0.39, 0.29) is 18.4 Å². The second kappa shape index (κ2) is 13.9. The number of hydrogen-bond donors (Lipinski definition) is 3. The van der Waals surface area contributed by atoms with Crippen LogP contribution >= 0.6 is 0 Å². The van der Waals surface area contributed by atoms with Gasteiger partial charge in [-0.2, -0.15) is 5.10 Å². The van der Waals surface area contributed by atoms with Gasteiger partial charge in [0.2, 0.25) is 0 Å². The third-order valence-electron chi connectivity index (χ3n) is 8.01. The summed E-state index contributed by atoms with van der Waals surface area (Å²) in [5, 5.41) is 14.5. The molecular formula is C38H35N5O3. The molecule has 46 heavy (non-hydrogen) atoms. The van der Waals surface area contributed by atoms with E-state index in [4.69, 9.17) is 9.72 Å². The molecule has 8 nitrogen and oxygen atoms in total. The SMILES string of the molecule is CCOC(=O)CCc1[nH]nc2cc(NC(=O)NCc3ccccc3)nc(C(c3ccccc3)(c3ccccc3)c3ccccc3)c12. The van der Waals surface area contributed by atoms with Gasteiger partial charge in [0.15, 0.2) is 0 Å². The molecule has 0 saturated carbocycles. The standard InChI is InChI=1S/C38H35N5O3/c1-2-46-34(44)24-23-31-35-32(43-42-31)25-33(41-37(45)39-26-27-15-7-3-8-16-27)40-36(35)38(28-17-9-4-10-18-28,29-19-11-5-12-20-29)30-21-13-6-14-22-30/h3-22,25H,2,23-24,26H2,1H3,(H,42,43)(H2,39,40,41,45). The molecule has 0 aliphatic rings. The van der Waals surface area contributed by atoms with Crippen molar-refractivity contribution >= 4 is 28.7 Å². The fourth-order valence-electron chi connectivity index (χ4n) is 5.99. The monoisotopic (exact) mass is 609 g/mol. The fourth-order valence-corrected chi connectivity index (χ4v) is 5.99. The van der Waals surface area contributed by atoms with E-state index >= 15 is 0 Å². The van der Waals surface area contributed by atoms with Crippen LogP contribution in [0.15, 0.2) is 127 Å². The molecule has 3 N–H and O–H groups in total. The summed E-state index contributed by atoms with van der Waals surface area (Å²) in [7, 11) is 0. The highest BCUT2D eigenvalue weighted by atomic mass is 16.5. The molecule has 8 heteroatoms. The third-order valence-corrected chi connectivity index (χ3v) is 8.01. The van der Waals surface area contributed by atoms with Crippen LogP contribution in [-0.4, -0.2) is 33.8 Å². The van der Waals surface area contributed by atoms with Gasteiger partial charge in [0.25, 0.3) is 0 Å². The van der Waals surface area contributed by atoms with Crippen molar-refractivity contribution in [2.24, 2.45) is 0 Å². The molecular weight excluding hydrogens is 574 g/mol. The average Bonchev–Trinajstić information content (AvgIpc) is 3.52. The Morgan fingerprint density at radius 2 is 1.33 bits per heavy atom. The van der Waals surface area contributed by atoms with Crippen molar-refractivity contribution in [3.05, 3.63) is 161 Å². The van der Waals surface area contributed by atoms with Gasteiger partial charge in [0.05, 0.1) is 29.7 Å². The van der Waals surface area contributed by atoms with E-state index in [1.807, 2.05) is 84.9 Å². The minimum Gasteiger partial charge on any atom is -0.466 e. The molecule has 0 atom stereocenters. The number of aryl methyl sites for hydroxylation is 1. The quantitative estimate of drug-likeness (QED) is 0.107. The number of anilines is 1. The lowest BCUT2D eigenvalue weighted by atomic mass is 9.66. The Morgan fingerprint density at radius 3 is 1.87 bits per heavy atom. The van der Waals surface area contributed by atoms with Gasteiger partial charge in [-0.25, -0.2) is 9.78 Å². The number of fused-ring (bicyclic) bond motifs is 1. The van der Waals surface area contributed by atoms with Crippen LogP contribution in [0.2, 0.25) is 0 Å². The Balaban J connectivity index is 1.56.